The van der Waals surface area contributed by atoms with Crippen molar-refractivity contribution < 1.29 is 0 Å². The molecule has 54 heavy (non-hydrogen) atoms. The number of pyridine rings is 1. The van der Waals surface area contributed by atoms with Crippen LogP contribution in [0, 0.1) is 0 Å². The van der Waals surface area contributed by atoms with Crippen molar-refractivity contribution in [1.29, 1.82) is 0 Å². The molecule has 3 aromatic heterocycles. The minimum absolute atomic E-state index is 0.452. The van der Waals surface area contributed by atoms with Gasteiger partial charge < -0.3 is 0 Å². The van der Waals surface area contributed by atoms with Crippen LogP contribution in [0.4, 0.5) is 0 Å². The van der Waals surface area contributed by atoms with E-state index in [1.54, 1.807) is 12.4 Å². The van der Waals surface area contributed by atoms with E-state index in [9.17, 15) is 0 Å². The third-order valence-corrected chi connectivity index (χ3v) is 9.81. The van der Waals surface area contributed by atoms with Gasteiger partial charge in [0, 0.05) is 34.6 Å². The highest BCUT2D eigenvalue weighted by Crippen LogP contribution is 2.38. The first-order valence-corrected chi connectivity index (χ1v) is 17.9. The SMILES string of the molecule is c1ccc(-c2nc(-c3cccc(-c4ccc5c6ccccc6c6ccccc6c5c4)c3)cc(-c3nc(-c4ccccc4)nc(-c4cccnc4)n3)n2)cc1. The molecule has 0 bridgehead atoms. The molecule has 0 amide bonds. The van der Waals surface area contributed by atoms with E-state index in [0.29, 0.717) is 29.0 Å². The standard InChI is InChI=1S/C48H30N6/c1-3-13-31(14-4-1)45-50-43(29-44(51-45)48-53-46(32-15-5-2-6-16-32)52-47(54-48)36-19-12-26-49-30-36)35-18-11-17-33(27-35)34-24-25-41-39-22-8-7-20-37(39)38-21-9-10-23-40(38)42(41)28-34/h1-30H. The third-order valence-electron chi connectivity index (χ3n) is 9.81. The van der Waals surface area contributed by atoms with Crippen LogP contribution in [-0.2, 0) is 0 Å². The minimum atomic E-state index is 0.452. The fraction of sp³-hybridized carbons (Fsp3) is 0. The molecule has 0 unspecified atom stereocenters. The van der Waals surface area contributed by atoms with E-state index in [2.05, 4.69) is 96.0 Å². The molecule has 0 aliphatic heterocycles. The van der Waals surface area contributed by atoms with E-state index in [0.717, 1.165) is 39.1 Å². The van der Waals surface area contributed by atoms with Crippen molar-refractivity contribution in [3.8, 4) is 68.1 Å². The minimum Gasteiger partial charge on any atom is -0.264 e. The predicted octanol–water partition coefficient (Wildman–Crippen LogP) is 11.5. The van der Waals surface area contributed by atoms with Crippen LogP contribution in [0.25, 0.3) is 100 Å². The number of benzene rings is 7. The van der Waals surface area contributed by atoms with Crippen LogP contribution in [0.3, 0.4) is 0 Å². The zero-order chi connectivity index (χ0) is 35.8. The van der Waals surface area contributed by atoms with Gasteiger partial charge in [-0.05, 0) is 73.8 Å². The van der Waals surface area contributed by atoms with E-state index in [-0.39, 0.29) is 0 Å². The number of nitrogens with zero attached hydrogens (tertiary/aromatic N) is 6. The van der Waals surface area contributed by atoms with Crippen molar-refractivity contribution in [2.75, 3.05) is 0 Å². The summed E-state index contributed by atoms with van der Waals surface area (Å²) in [5.74, 6) is 2.11. The zero-order valence-corrected chi connectivity index (χ0v) is 29.0. The van der Waals surface area contributed by atoms with Crippen LogP contribution >= 0.6 is 0 Å². The molecule has 0 aliphatic rings. The Kier molecular flexibility index (Phi) is 7.69. The van der Waals surface area contributed by atoms with Crippen molar-refractivity contribution in [1.82, 2.24) is 29.9 Å². The summed E-state index contributed by atoms with van der Waals surface area (Å²) < 4.78 is 0. The summed E-state index contributed by atoms with van der Waals surface area (Å²) in [6, 6.07) is 58.5. The summed E-state index contributed by atoms with van der Waals surface area (Å²) in [7, 11) is 0. The Morgan fingerprint density at radius 3 is 1.39 bits per heavy atom. The van der Waals surface area contributed by atoms with E-state index < -0.39 is 0 Å². The summed E-state index contributed by atoms with van der Waals surface area (Å²) in [6.07, 6.45) is 3.50. The molecule has 0 fully saturated rings. The zero-order valence-electron chi connectivity index (χ0n) is 29.0. The number of rotatable bonds is 6. The van der Waals surface area contributed by atoms with Gasteiger partial charge in [0.25, 0.3) is 0 Å². The first kappa shape index (κ1) is 31.3. The highest BCUT2D eigenvalue weighted by Gasteiger charge is 2.17. The fourth-order valence-electron chi connectivity index (χ4n) is 7.20. The Hall–Kier alpha value is -7.44. The Balaban J connectivity index is 1.14. The molecular formula is C48H30N6. The van der Waals surface area contributed by atoms with Gasteiger partial charge in [0.2, 0.25) is 0 Å². The molecule has 0 atom stereocenters. The molecule has 0 spiro atoms. The second kappa shape index (κ2) is 13.3. The van der Waals surface area contributed by atoms with Crippen molar-refractivity contribution in [2.45, 2.75) is 0 Å². The number of aromatic nitrogens is 6. The van der Waals surface area contributed by atoms with Crippen LogP contribution in [0.2, 0.25) is 0 Å². The normalized spacial score (nSPS) is 11.3. The molecule has 252 valence electrons. The summed E-state index contributed by atoms with van der Waals surface area (Å²) in [4.78, 5) is 29.3. The van der Waals surface area contributed by atoms with E-state index >= 15 is 0 Å². The molecule has 6 heteroatoms. The Morgan fingerprint density at radius 2 is 0.741 bits per heavy atom. The average Bonchev–Trinajstić information content (AvgIpc) is 3.27. The highest BCUT2D eigenvalue weighted by molar-refractivity contribution is 6.25. The monoisotopic (exact) mass is 690 g/mol. The Morgan fingerprint density at radius 1 is 0.259 bits per heavy atom. The van der Waals surface area contributed by atoms with Crippen molar-refractivity contribution in [3.05, 3.63) is 182 Å². The van der Waals surface area contributed by atoms with Gasteiger partial charge in [-0.1, -0.05) is 140 Å². The lowest BCUT2D eigenvalue weighted by molar-refractivity contribution is 1.05. The predicted molar refractivity (Wildman–Crippen MR) is 218 cm³/mol. The van der Waals surface area contributed by atoms with Crippen LogP contribution in [0.15, 0.2) is 182 Å². The van der Waals surface area contributed by atoms with Crippen LogP contribution in [0.5, 0.6) is 0 Å². The van der Waals surface area contributed by atoms with Gasteiger partial charge in [-0.15, -0.1) is 0 Å². The molecule has 0 N–H and O–H groups in total. The highest BCUT2D eigenvalue weighted by atomic mass is 15.1. The first-order chi connectivity index (χ1) is 26.7. The Bertz CT molecular complexity index is 2890. The van der Waals surface area contributed by atoms with Crippen molar-refractivity contribution in [2.24, 2.45) is 0 Å². The quantitative estimate of drug-likeness (QED) is 0.162. The van der Waals surface area contributed by atoms with Gasteiger partial charge in [-0.25, -0.2) is 24.9 Å². The molecule has 10 aromatic rings. The second-order valence-corrected chi connectivity index (χ2v) is 13.2. The largest absolute Gasteiger partial charge is 0.264 e. The van der Waals surface area contributed by atoms with Crippen LogP contribution in [-0.4, -0.2) is 29.9 Å². The van der Waals surface area contributed by atoms with Gasteiger partial charge in [0.1, 0.15) is 5.69 Å². The third kappa shape index (κ3) is 5.72. The molecular weight excluding hydrogens is 661 g/mol. The number of hydrogen-bond donors (Lipinski definition) is 0. The molecule has 0 saturated carbocycles. The fourth-order valence-corrected chi connectivity index (χ4v) is 7.20. The van der Waals surface area contributed by atoms with Gasteiger partial charge >= 0.3 is 0 Å². The second-order valence-electron chi connectivity index (χ2n) is 13.2. The molecule has 6 nitrogen and oxygen atoms in total. The molecule has 3 heterocycles. The summed E-state index contributed by atoms with van der Waals surface area (Å²) in [6.45, 7) is 0. The van der Waals surface area contributed by atoms with E-state index in [1.807, 2.05) is 78.9 Å². The lowest BCUT2D eigenvalue weighted by atomic mass is 9.91. The number of fused-ring (bicyclic) bond motifs is 6. The summed E-state index contributed by atoms with van der Waals surface area (Å²) in [5, 5.41) is 7.51. The maximum Gasteiger partial charge on any atom is 0.182 e. The van der Waals surface area contributed by atoms with Gasteiger partial charge in [-0.3, -0.25) is 4.98 Å². The molecule has 0 aliphatic carbocycles. The summed E-state index contributed by atoms with van der Waals surface area (Å²) >= 11 is 0. The van der Waals surface area contributed by atoms with Gasteiger partial charge in [0.15, 0.2) is 23.3 Å². The number of hydrogen-bond acceptors (Lipinski definition) is 6. The van der Waals surface area contributed by atoms with E-state index in [1.165, 1.54) is 32.3 Å². The van der Waals surface area contributed by atoms with Gasteiger partial charge in [-0.2, -0.15) is 0 Å². The van der Waals surface area contributed by atoms with Gasteiger partial charge in [0.05, 0.1) is 5.69 Å². The molecule has 0 saturated heterocycles. The van der Waals surface area contributed by atoms with E-state index in [4.69, 9.17) is 24.9 Å². The Labute approximate surface area is 311 Å². The van der Waals surface area contributed by atoms with Crippen molar-refractivity contribution >= 4 is 32.3 Å². The lowest BCUT2D eigenvalue weighted by Gasteiger charge is -2.13. The topological polar surface area (TPSA) is 77.3 Å². The maximum absolute atomic E-state index is 5.13. The average molecular weight is 691 g/mol. The first-order valence-electron chi connectivity index (χ1n) is 17.9. The van der Waals surface area contributed by atoms with Crippen molar-refractivity contribution in [3.63, 3.8) is 0 Å². The summed E-state index contributed by atoms with van der Waals surface area (Å²) in [5.41, 5.74) is 7.12. The smallest absolute Gasteiger partial charge is 0.182 e. The molecule has 10 rings (SSSR count). The van der Waals surface area contributed by atoms with Crippen LogP contribution in [0.1, 0.15) is 0 Å². The maximum atomic E-state index is 5.13. The van der Waals surface area contributed by atoms with Crippen LogP contribution < -0.4 is 0 Å². The lowest BCUT2D eigenvalue weighted by Crippen LogP contribution is -2.03. The molecule has 0 radical (unpaired) electrons. The molecule has 7 aromatic carbocycles.